The Bertz CT molecular complexity index is 570. The molecule has 3 rings (SSSR count). The Hall–Kier alpha value is -1.80. The normalized spacial score (nSPS) is 15.7. The summed E-state index contributed by atoms with van der Waals surface area (Å²) in [5, 5.41) is 3.58. The van der Waals surface area contributed by atoms with Gasteiger partial charge in [0, 0.05) is 12.6 Å². The standard InChI is InChI=1S/C19H23NO/c1-14-10-15(2)12-18(11-14)21-19(13-20-17-8-9-17)16-6-4-3-5-7-16/h3-7,10-12,17,19-20H,8-9,13H2,1-2H3. The number of benzene rings is 2. The molecule has 0 radical (unpaired) electrons. The lowest BCUT2D eigenvalue weighted by atomic mass is 10.1. The summed E-state index contributed by atoms with van der Waals surface area (Å²) >= 11 is 0. The molecule has 2 aromatic rings. The molecular weight excluding hydrogens is 258 g/mol. The summed E-state index contributed by atoms with van der Waals surface area (Å²) in [6.45, 7) is 5.08. The molecule has 2 aromatic carbocycles. The van der Waals surface area contributed by atoms with Gasteiger partial charge in [-0.2, -0.15) is 0 Å². The zero-order valence-electron chi connectivity index (χ0n) is 12.8. The van der Waals surface area contributed by atoms with E-state index in [0.717, 1.165) is 12.3 Å². The van der Waals surface area contributed by atoms with Gasteiger partial charge in [-0.3, -0.25) is 0 Å². The Kier molecular flexibility index (Phi) is 4.26. The van der Waals surface area contributed by atoms with Gasteiger partial charge in [0.2, 0.25) is 0 Å². The van der Waals surface area contributed by atoms with E-state index in [1.165, 1.54) is 29.5 Å². The van der Waals surface area contributed by atoms with Gasteiger partial charge >= 0.3 is 0 Å². The average Bonchev–Trinajstić information content (AvgIpc) is 3.27. The first-order valence-electron chi connectivity index (χ1n) is 7.74. The summed E-state index contributed by atoms with van der Waals surface area (Å²) < 4.78 is 6.28. The Balaban J connectivity index is 1.77. The first kappa shape index (κ1) is 14.2. The molecule has 2 nitrogen and oxygen atoms in total. The number of nitrogens with one attached hydrogen (secondary N) is 1. The highest BCUT2D eigenvalue weighted by Crippen LogP contribution is 2.25. The summed E-state index contributed by atoms with van der Waals surface area (Å²) in [5.74, 6) is 0.957. The van der Waals surface area contributed by atoms with Crippen molar-refractivity contribution in [2.45, 2.75) is 38.8 Å². The molecule has 0 saturated heterocycles. The van der Waals surface area contributed by atoms with Gasteiger partial charge in [-0.15, -0.1) is 0 Å². The van der Waals surface area contributed by atoms with Gasteiger partial charge in [0.1, 0.15) is 11.9 Å². The molecule has 2 heteroatoms. The quantitative estimate of drug-likeness (QED) is 0.858. The Morgan fingerprint density at radius 2 is 1.71 bits per heavy atom. The molecule has 0 aliphatic heterocycles. The van der Waals surface area contributed by atoms with Gasteiger partial charge < -0.3 is 10.1 Å². The predicted molar refractivity (Wildman–Crippen MR) is 86.8 cm³/mol. The molecule has 1 aliphatic carbocycles. The van der Waals surface area contributed by atoms with Crippen LogP contribution >= 0.6 is 0 Å². The van der Waals surface area contributed by atoms with E-state index in [4.69, 9.17) is 4.74 Å². The van der Waals surface area contributed by atoms with Crippen LogP contribution in [0, 0.1) is 13.8 Å². The highest BCUT2D eigenvalue weighted by molar-refractivity contribution is 5.34. The molecule has 1 atom stereocenters. The van der Waals surface area contributed by atoms with Crippen molar-refractivity contribution in [1.82, 2.24) is 5.32 Å². The maximum Gasteiger partial charge on any atom is 0.136 e. The van der Waals surface area contributed by atoms with Crippen LogP contribution in [0.25, 0.3) is 0 Å². The number of hydrogen-bond donors (Lipinski definition) is 1. The van der Waals surface area contributed by atoms with E-state index in [9.17, 15) is 0 Å². The van der Waals surface area contributed by atoms with Crippen molar-refractivity contribution in [3.05, 3.63) is 65.2 Å². The molecule has 1 saturated carbocycles. The lowest BCUT2D eigenvalue weighted by Gasteiger charge is -2.21. The molecule has 1 fully saturated rings. The van der Waals surface area contributed by atoms with Crippen molar-refractivity contribution in [3.8, 4) is 5.75 Å². The van der Waals surface area contributed by atoms with Gasteiger partial charge in [0.25, 0.3) is 0 Å². The molecule has 1 unspecified atom stereocenters. The van der Waals surface area contributed by atoms with Gasteiger partial charge in [-0.1, -0.05) is 36.4 Å². The van der Waals surface area contributed by atoms with Crippen molar-refractivity contribution in [1.29, 1.82) is 0 Å². The highest BCUT2D eigenvalue weighted by Gasteiger charge is 2.23. The van der Waals surface area contributed by atoms with Crippen molar-refractivity contribution in [3.63, 3.8) is 0 Å². The Morgan fingerprint density at radius 3 is 2.33 bits per heavy atom. The van der Waals surface area contributed by atoms with Crippen molar-refractivity contribution in [2.24, 2.45) is 0 Å². The fraction of sp³-hybridized carbons (Fsp3) is 0.368. The third-order valence-electron chi connectivity index (χ3n) is 3.81. The monoisotopic (exact) mass is 281 g/mol. The number of rotatable bonds is 6. The van der Waals surface area contributed by atoms with E-state index in [-0.39, 0.29) is 6.10 Å². The van der Waals surface area contributed by atoms with Gasteiger partial charge in [0.05, 0.1) is 0 Å². The van der Waals surface area contributed by atoms with E-state index in [2.05, 4.69) is 61.6 Å². The van der Waals surface area contributed by atoms with Crippen LogP contribution in [0.1, 0.15) is 35.6 Å². The molecule has 1 N–H and O–H groups in total. The minimum atomic E-state index is 0.0630. The maximum absolute atomic E-state index is 6.28. The zero-order valence-corrected chi connectivity index (χ0v) is 12.8. The van der Waals surface area contributed by atoms with Crippen LogP contribution in [-0.2, 0) is 0 Å². The molecule has 1 aliphatic rings. The highest BCUT2D eigenvalue weighted by atomic mass is 16.5. The van der Waals surface area contributed by atoms with E-state index in [0.29, 0.717) is 6.04 Å². The number of aryl methyl sites for hydroxylation is 2. The molecule has 0 amide bonds. The fourth-order valence-corrected chi connectivity index (χ4v) is 2.62. The molecule has 110 valence electrons. The van der Waals surface area contributed by atoms with Crippen LogP contribution in [0.15, 0.2) is 48.5 Å². The largest absolute Gasteiger partial charge is 0.484 e. The van der Waals surface area contributed by atoms with Crippen molar-refractivity contribution in [2.75, 3.05) is 6.54 Å². The third kappa shape index (κ3) is 4.08. The fourth-order valence-electron chi connectivity index (χ4n) is 2.62. The SMILES string of the molecule is Cc1cc(C)cc(OC(CNC2CC2)c2ccccc2)c1. The first-order chi connectivity index (χ1) is 10.2. The van der Waals surface area contributed by atoms with Crippen molar-refractivity contribution >= 4 is 0 Å². The van der Waals surface area contributed by atoms with Crippen LogP contribution in [0.3, 0.4) is 0 Å². The minimum Gasteiger partial charge on any atom is -0.484 e. The van der Waals surface area contributed by atoms with Crippen LogP contribution in [-0.4, -0.2) is 12.6 Å². The molecule has 0 spiro atoms. The smallest absolute Gasteiger partial charge is 0.136 e. The summed E-state index contributed by atoms with van der Waals surface area (Å²) in [6.07, 6.45) is 2.66. The molecule has 0 heterocycles. The van der Waals surface area contributed by atoms with E-state index < -0.39 is 0 Å². The third-order valence-corrected chi connectivity index (χ3v) is 3.81. The molecule has 0 bridgehead atoms. The molecule has 21 heavy (non-hydrogen) atoms. The van der Waals surface area contributed by atoms with Crippen LogP contribution in [0.4, 0.5) is 0 Å². The Labute approximate surface area is 127 Å². The summed E-state index contributed by atoms with van der Waals surface area (Å²) in [7, 11) is 0. The van der Waals surface area contributed by atoms with E-state index in [1.807, 2.05) is 6.07 Å². The van der Waals surface area contributed by atoms with Gasteiger partial charge in [-0.05, 0) is 55.5 Å². The van der Waals surface area contributed by atoms with Crippen LogP contribution in [0.2, 0.25) is 0 Å². The summed E-state index contributed by atoms with van der Waals surface area (Å²) in [4.78, 5) is 0. The van der Waals surface area contributed by atoms with Crippen LogP contribution < -0.4 is 10.1 Å². The second-order valence-corrected chi connectivity index (χ2v) is 6.02. The van der Waals surface area contributed by atoms with Crippen LogP contribution in [0.5, 0.6) is 5.75 Å². The van der Waals surface area contributed by atoms with Crippen molar-refractivity contribution < 1.29 is 4.74 Å². The van der Waals surface area contributed by atoms with Gasteiger partial charge in [0.15, 0.2) is 0 Å². The Morgan fingerprint density at radius 1 is 1.05 bits per heavy atom. The summed E-state index contributed by atoms with van der Waals surface area (Å²) in [6, 6.07) is 17.6. The second kappa shape index (κ2) is 6.31. The molecular formula is C19H23NO. The summed E-state index contributed by atoms with van der Waals surface area (Å²) in [5.41, 5.74) is 3.71. The number of ether oxygens (including phenoxy) is 1. The van der Waals surface area contributed by atoms with Gasteiger partial charge in [-0.25, -0.2) is 0 Å². The predicted octanol–water partition coefficient (Wildman–Crippen LogP) is 4.18. The first-order valence-corrected chi connectivity index (χ1v) is 7.74. The lowest BCUT2D eigenvalue weighted by molar-refractivity contribution is 0.201. The molecule has 0 aromatic heterocycles. The second-order valence-electron chi connectivity index (χ2n) is 6.02. The lowest BCUT2D eigenvalue weighted by Crippen LogP contribution is -2.26. The average molecular weight is 281 g/mol. The minimum absolute atomic E-state index is 0.0630. The van der Waals surface area contributed by atoms with E-state index >= 15 is 0 Å². The maximum atomic E-state index is 6.28. The van der Waals surface area contributed by atoms with E-state index in [1.54, 1.807) is 0 Å². The zero-order chi connectivity index (χ0) is 14.7. The number of hydrogen-bond acceptors (Lipinski definition) is 2. The topological polar surface area (TPSA) is 21.3 Å².